The van der Waals surface area contributed by atoms with Crippen LogP contribution in [0.4, 0.5) is 4.39 Å². The monoisotopic (exact) mass is 168 g/mol. The first-order valence-electron chi connectivity index (χ1n) is 3.57. The number of ketones is 1. The van der Waals surface area contributed by atoms with E-state index in [4.69, 9.17) is 5.11 Å². The van der Waals surface area contributed by atoms with Crippen molar-refractivity contribution in [1.82, 2.24) is 0 Å². The first-order chi connectivity index (χ1) is 5.61. The Morgan fingerprint density at radius 1 is 1.58 bits per heavy atom. The first kappa shape index (κ1) is 8.71. The van der Waals surface area contributed by atoms with Gasteiger partial charge in [0.2, 0.25) is 0 Å². The molecule has 0 heterocycles. The summed E-state index contributed by atoms with van der Waals surface area (Å²) in [5, 5.41) is 9.12. The molecule has 0 unspecified atom stereocenters. The molecule has 1 rings (SSSR count). The highest BCUT2D eigenvalue weighted by Gasteiger charge is 2.07. The Balaban J connectivity index is 3.00. The number of rotatable bonds is 2. The summed E-state index contributed by atoms with van der Waals surface area (Å²) < 4.78 is 12.7. The van der Waals surface area contributed by atoms with E-state index < -0.39 is 11.6 Å². The Morgan fingerprint density at radius 2 is 2.25 bits per heavy atom. The number of hydrogen-bond donors (Lipinski definition) is 1. The fraction of sp³-hybridized carbons (Fsp3) is 0.222. The Hall–Kier alpha value is -1.38. The molecule has 0 aliphatic heterocycles. The number of carbonyl (C=O) groups excluding carboxylic acids is 1. The quantitative estimate of drug-likeness (QED) is 0.729. The second-order valence-corrected chi connectivity index (χ2v) is 2.63. The van der Waals surface area contributed by atoms with Crippen molar-refractivity contribution in [2.45, 2.75) is 13.3 Å². The van der Waals surface area contributed by atoms with Crippen LogP contribution in [0.3, 0.4) is 0 Å². The van der Waals surface area contributed by atoms with Crippen LogP contribution in [0.25, 0.3) is 0 Å². The van der Waals surface area contributed by atoms with Crippen LogP contribution in [0.2, 0.25) is 0 Å². The Morgan fingerprint density at radius 3 is 2.83 bits per heavy atom. The largest absolute Gasteiger partial charge is 0.505 e. The Bertz CT molecular complexity index is 307. The average molecular weight is 168 g/mol. The molecule has 0 radical (unpaired) electrons. The minimum absolute atomic E-state index is 0.0730. The highest BCUT2D eigenvalue weighted by molar-refractivity contribution is 5.78. The van der Waals surface area contributed by atoms with Gasteiger partial charge >= 0.3 is 0 Å². The van der Waals surface area contributed by atoms with Crippen molar-refractivity contribution in [2.24, 2.45) is 0 Å². The predicted octanol–water partition coefficient (Wildman–Crippen LogP) is 1.66. The summed E-state index contributed by atoms with van der Waals surface area (Å²) in [6.07, 6.45) is 0.0730. The molecule has 0 spiro atoms. The molecular weight excluding hydrogens is 159 g/mol. The van der Waals surface area contributed by atoms with E-state index in [2.05, 4.69) is 0 Å². The van der Waals surface area contributed by atoms with Gasteiger partial charge < -0.3 is 5.11 Å². The molecule has 12 heavy (non-hydrogen) atoms. The summed E-state index contributed by atoms with van der Waals surface area (Å²) in [6, 6.07) is 4.14. The average Bonchev–Trinajstić information content (AvgIpc) is 1.98. The number of Topliss-reactive ketones (excluding diaryl/α,β-unsaturated/α-hetero) is 1. The van der Waals surface area contributed by atoms with Gasteiger partial charge in [-0.3, -0.25) is 4.79 Å². The van der Waals surface area contributed by atoms with E-state index in [-0.39, 0.29) is 12.2 Å². The van der Waals surface area contributed by atoms with Crippen LogP contribution in [0.5, 0.6) is 5.75 Å². The lowest BCUT2D eigenvalue weighted by Crippen LogP contribution is -1.97. The van der Waals surface area contributed by atoms with Crippen molar-refractivity contribution in [2.75, 3.05) is 0 Å². The molecule has 1 aromatic carbocycles. The van der Waals surface area contributed by atoms with E-state index in [0.29, 0.717) is 5.56 Å². The van der Waals surface area contributed by atoms with E-state index in [1.807, 2.05) is 0 Å². The van der Waals surface area contributed by atoms with Gasteiger partial charge in [-0.15, -0.1) is 0 Å². The third-order valence-corrected chi connectivity index (χ3v) is 1.51. The lowest BCUT2D eigenvalue weighted by atomic mass is 10.1. The number of para-hydroxylation sites is 1. The van der Waals surface area contributed by atoms with Crippen LogP contribution in [-0.4, -0.2) is 10.9 Å². The summed E-state index contributed by atoms with van der Waals surface area (Å²) in [5.74, 6) is -1.21. The number of aromatic hydroxyl groups is 1. The standard InChI is InChI=1S/C9H9FO2/c1-6(11)5-7-3-2-4-8(10)9(7)12/h2-4,12H,5H2,1H3. The molecule has 0 saturated carbocycles. The van der Waals surface area contributed by atoms with Crippen molar-refractivity contribution in [3.8, 4) is 5.75 Å². The van der Waals surface area contributed by atoms with Crippen molar-refractivity contribution in [1.29, 1.82) is 0 Å². The number of hydrogen-bond acceptors (Lipinski definition) is 2. The van der Waals surface area contributed by atoms with Crippen LogP contribution in [-0.2, 0) is 11.2 Å². The molecule has 0 aliphatic carbocycles. The maximum absolute atomic E-state index is 12.7. The lowest BCUT2D eigenvalue weighted by Gasteiger charge is -2.01. The van der Waals surface area contributed by atoms with Gasteiger partial charge in [0, 0.05) is 12.0 Å². The van der Waals surface area contributed by atoms with Gasteiger partial charge in [-0.25, -0.2) is 4.39 Å². The molecular formula is C9H9FO2. The molecule has 64 valence electrons. The lowest BCUT2D eigenvalue weighted by molar-refractivity contribution is -0.116. The molecule has 0 atom stereocenters. The molecule has 3 heteroatoms. The Labute approximate surface area is 69.6 Å². The second-order valence-electron chi connectivity index (χ2n) is 2.63. The van der Waals surface area contributed by atoms with Crippen LogP contribution in [0.1, 0.15) is 12.5 Å². The SMILES string of the molecule is CC(=O)Cc1cccc(F)c1O. The summed E-state index contributed by atoms with van der Waals surface area (Å²) in [4.78, 5) is 10.6. The van der Waals surface area contributed by atoms with Crippen molar-refractivity contribution in [3.05, 3.63) is 29.6 Å². The van der Waals surface area contributed by atoms with Gasteiger partial charge in [0.25, 0.3) is 0 Å². The molecule has 0 aliphatic rings. The molecule has 0 amide bonds. The summed E-state index contributed by atoms with van der Waals surface area (Å²) in [6.45, 7) is 1.39. The van der Waals surface area contributed by atoms with E-state index in [9.17, 15) is 9.18 Å². The minimum atomic E-state index is -0.686. The maximum atomic E-state index is 12.7. The van der Waals surface area contributed by atoms with E-state index in [0.717, 1.165) is 6.07 Å². The Kier molecular flexibility index (Phi) is 2.43. The molecule has 0 bridgehead atoms. The van der Waals surface area contributed by atoms with Crippen molar-refractivity contribution < 1.29 is 14.3 Å². The van der Waals surface area contributed by atoms with Crippen LogP contribution >= 0.6 is 0 Å². The van der Waals surface area contributed by atoms with Gasteiger partial charge in [0.1, 0.15) is 5.78 Å². The smallest absolute Gasteiger partial charge is 0.165 e. The number of halogens is 1. The van der Waals surface area contributed by atoms with E-state index >= 15 is 0 Å². The van der Waals surface area contributed by atoms with Gasteiger partial charge in [0.15, 0.2) is 11.6 Å². The van der Waals surface area contributed by atoms with Gasteiger partial charge in [-0.05, 0) is 13.0 Å². The van der Waals surface area contributed by atoms with E-state index in [1.54, 1.807) is 0 Å². The molecule has 1 aromatic rings. The zero-order valence-corrected chi connectivity index (χ0v) is 6.67. The fourth-order valence-electron chi connectivity index (χ4n) is 0.971. The first-order valence-corrected chi connectivity index (χ1v) is 3.57. The zero-order chi connectivity index (χ0) is 9.14. The number of benzene rings is 1. The van der Waals surface area contributed by atoms with Gasteiger partial charge in [0.05, 0.1) is 0 Å². The van der Waals surface area contributed by atoms with Gasteiger partial charge in [-0.1, -0.05) is 12.1 Å². The van der Waals surface area contributed by atoms with Crippen LogP contribution in [0, 0.1) is 5.82 Å². The topological polar surface area (TPSA) is 37.3 Å². The summed E-state index contributed by atoms with van der Waals surface area (Å²) in [5.41, 5.74) is 0.336. The maximum Gasteiger partial charge on any atom is 0.165 e. The van der Waals surface area contributed by atoms with Gasteiger partial charge in [-0.2, -0.15) is 0 Å². The van der Waals surface area contributed by atoms with Crippen LogP contribution < -0.4 is 0 Å². The number of phenolic OH excluding ortho intramolecular Hbond substituents is 1. The molecule has 2 nitrogen and oxygen atoms in total. The summed E-state index contributed by atoms with van der Waals surface area (Å²) >= 11 is 0. The molecule has 0 saturated heterocycles. The third-order valence-electron chi connectivity index (χ3n) is 1.51. The minimum Gasteiger partial charge on any atom is -0.505 e. The number of phenols is 1. The summed E-state index contributed by atoms with van der Waals surface area (Å²) in [7, 11) is 0. The predicted molar refractivity (Wildman–Crippen MR) is 42.4 cm³/mol. The normalized spacial score (nSPS) is 9.83. The van der Waals surface area contributed by atoms with Crippen molar-refractivity contribution in [3.63, 3.8) is 0 Å². The number of carbonyl (C=O) groups is 1. The highest BCUT2D eigenvalue weighted by Crippen LogP contribution is 2.20. The highest BCUT2D eigenvalue weighted by atomic mass is 19.1. The second kappa shape index (κ2) is 3.34. The molecule has 1 N–H and O–H groups in total. The third kappa shape index (κ3) is 1.81. The van der Waals surface area contributed by atoms with E-state index in [1.165, 1.54) is 19.1 Å². The van der Waals surface area contributed by atoms with Crippen molar-refractivity contribution >= 4 is 5.78 Å². The fourth-order valence-corrected chi connectivity index (χ4v) is 0.971. The molecule has 0 aromatic heterocycles. The molecule has 0 fully saturated rings. The zero-order valence-electron chi connectivity index (χ0n) is 6.67. The van der Waals surface area contributed by atoms with Crippen LogP contribution in [0.15, 0.2) is 18.2 Å².